The minimum Gasteiger partial charge on any atom is -0.393 e. The summed E-state index contributed by atoms with van der Waals surface area (Å²) in [4.78, 5) is 0. The average molecular weight is 1730 g/mol. The van der Waals surface area contributed by atoms with Gasteiger partial charge in [-0.1, -0.05) is 90.0 Å². The molecule has 2 N–H and O–H groups in total. The fourth-order valence-corrected chi connectivity index (χ4v) is 41.6. The Morgan fingerprint density at radius 3 is 1.45 bits per heavy atom. The third-order valence-corrected chi connectivity index (χ3v) is 48.2. The zero-order valence-corrected chi connectivity index (χ0v) is 72.2. The lowest BCUT2D eigenvalue weighted by atomic mass is 9.57. The highest BCUT2D eigenvalue weighted by atomic mass is 32.3. The van der Waals surface area contributed by atoms with Gasteiger partial charge in [-0.3, -0.25) is 33.5 Å². The molecule has 22 saturated heterocycles. The zero-order chi connectivity index (χ0) is 81.4. The quantitative estimate of drug-likeness (QED) is 0.375. The number of hydrogen-bond acceptors (Lipinski definition) is 33. The summed E-state index contributed by atoms with van der Waals surface area (Å²) in [5.41, 5.74) is -5.41. The topological polar surface area (TPSA) is 452 Å². The van der Waals surface area contributed by atoms with Crippen LogP contribution in [0, 0.1) is 63.1 Å². The maximum absolute atomic E-state index is 12.2. The third kappa shape index (κ3) is 10.3. The van der Waals surface area contributed by atoms with Crippen molar-refractivity contribution < 1.29 is 144 Å². The summed E-state index contributed by atoms with van der Waals surface area (Å²) in [5, 5.41) is 15.2. The first-order valence-corrected chi connectivity index (χ1v) is 50.7. The molecule has 24 aliphatic rings. The van der Waals surface area contributed by atoms with Crippen LogP contribution in [0.4, 0.5) is 0 Å². The molecular formula is C70H108O33S8. The van der Waals surface area contributed by atoms with E-state index in [2.05, 4.69) is 34.6 Å². The molecule has 0 aromatic rings. The fourth-order valence-electron chi connectivity index (χ4n) is 25.8. The van der Waals surface area contributed by atoms with Gasteiger partial charge in [-0.05, 0) is 97.8 Å². The Morgan fingerprint density at radius 2 is 0.937 bits per heavy atom. The van der Waals surface area contributed by atoms with Gasteiger partial charge < -0.3 is 43.4 Å². The van der Waals surface area contributed by atoms with Gasteiger partial charge in [0, 0.05) is 58.2 Å². The van der Waals surface area contributed by atoms with Gasteiger partial charge in [0.1, 0.15) is 120 Å². The summed E-state index contributed by atoms with van der Waals surface area (Å²) in [7, 11) is -27.1. The van der Waals surface area contributed by atoms with Crippen molar-refractivity contribution in [2.45, 2.75) is 355 Å². The molecule has 22 aliphatic heterocycles. The first-order valence-electron chi connectivity index (χ1n) is 38.9. The number of aliphatic hydroxyl groups excluding tert-OH is 2. The van der Waals surface area contributed by atoms with Crippen molar-refractivity contribution >= 4 is 80.9 Å². The van der Waals surface area contributed by atoms with E-state index in [0.717, 1.165) is 6.42 Å². The van der Waals surface area contributed by atoms with Crippen LogP contribution in [0.2, 0.25) is 0 Å². The van der Waals surface area contributed by atoms with E-state index in [1.54, 1.807) is 6.92 Å². The normalized spacial score (nSPS) is 60.2. The van der Waals surface area contributed by atoms with Gasteiger partial charge in [-0.2, -0.15) is 67.3 Å². The van der Waals surface area contributed by atoms with Gasteiger partial charge in [0.15, 0.2) is 0 Å². The molecule has 2 saturated carbocycles. The smallest absolute Gasteiger partial charge is 0.273 e. The summed E-state index contributed by atoms with van der Waals surface area (Å²) < 4.78 is 267. The highest BCUT2D eigenvalue weighted by Crippen LogP contribution is 2.82. The van der Waals surface area contributed by atoms with Crippen LogP contribution in [-0.2, 0) is 148 Å². The van der Waals surface area contributed by atoms with Crippen LogP contribution in [0.5, 0.6) is 0 Å². The molecule has 0 spiro atoms. The second-order valence-corrected chi connectivity index (χ2v) is 53.3. The molecule has 634 valence electrons. The molecule has 22 heterocycles. The Bertz CT molecular complexity index is 4900. The van der Waals surface area contributed by atoms with Crippen LogP contribution in [-0.4, -0.2) is 263 Å². The lowest BCUT2D eigenvalue weighted by Gasteiger charge is -2.49. The Labute approximate surface area is 652 Å². The van der Waals surface area contributed by atoms with Crippen LogP contribution >= 0.6 is 0 Å². The van der Waals surface area contributed by atoms with E-state index in [1.165, 1.54) is 0 Å². The van der Waals surface area contributed by atoms with Crippen LogP contribution < -0.4 is 0 Å². The summed E-state index contributed by atoms with van der Waals surface area (Å²) >= 11 is 0. The van der Waals surface area contributed by atoms with E-state index < -0.39 is 159 Å². The standard InChI is InChI=1S/C13H22O3S.C9H14O6S.C9H14O4S.4C8H12O4S.C7H10O4S/c1-8-11(4)7-9-12(8,5)13(6,10(11,2)3)16-17(9,14)15;1-5-7-9(4-11)6(16(12,13)14-7)2-8(5,3-10)15-9;1-5-7-9(3)6(14(10,11)12-7)4-8(5,2)13-9;1-8(2)5-3-4-6(11-5)7(8)12-13(4,9)10;1-4-6-7-5(13(9,10)12-6)3-8(4,2)11-7;1-4-5-3-6-7(11-5)8(4,2)12-13(6,9)10;1-4-5-3-6-8(2,11-5)7(4)12-13(6,9)10;1-3-4-2-5-7(10-4)6(3)11-12(5,8)9/h8-9H,7H2,1-6H3;5-7,10-11H,2-4H2,1H3;5-7H,4H2,1-3H3;4*4-7H,3H2,1-2H3;3-7H,2H2,1H3. The molecule has 0 aromatic heterocycles. The van der Waals surface area contributed by atoms with E-state index in [4.69, 9.17) is 66.6 Å². The van der Waals surface area contributed by atoms with Gasteiger partial charge in [0.25, 0.3) is 80.9 Å². The predicted molar refractivity (Wildman–Crippen MR) is 386 cm³/mol. The van der Waals surface area contributed by atoms with E-state index in [9.17, 15) is 77.6 Å². The Kier molecular flexibility index (Phi) is 17.6. The maximum atomic E-state index is 12.2. The summed E-state index contributed by atoms with van der Waals surface area (Å²) in [6.45, 7) is 37.6. The highest BCUT2D eigenvalue weighted by Gasteiger charge is 2.87. The van der Waals surface area contributed by atoms with Crippen molar-refractivity contribution in [2.24, 2.45) is 63.1 Å². The molecule has 0 aromatic carbocycles. The highest BCUT2D eigenvalue weighted by molar-refractivity contribution is 7.89. The van der Waals surface area contributed by atoms with Crippen molar-refractivity contribution in [2.75, 3.05) is 13.2 Å². The molecule has 24 rings (SSSR count). The van der Waals surface area contributed by atoms with Crippen molar-refractivity contribution in [3.05, 3.63) is 0 Å². The Morgan fingerprint density at radius 1 is 0.360 bits per heavy atom. The molecular weight excluding hydrogens is 1630 g/mol. The molecule has 39 atom stereocenters. The molecule has 24 fully saturated rings. The lowest BCUT2D eigenvalue weighted by molar-refractivity contribution is -0.104. The van der Waals surface area contributed by atoms with E-state index in [1.807, 2.05) is 90.0 Å². The fraction of sp³-hybridized carbons (Fsp3) is 1.00. The van der Waals surface area contributed by atoms with Crippen molar-refractivity contribution in [1.82, 2.24) is 0 Å². The minimum absolute atomic E-state index is 0.0464. The molecule has 0 radical (unpaired) electrons. The number of hydrogen-bond donors (Lipinski definition) is 2. The zero-order valence-electron chi connectivity index (χ0n) is 65.6. The Hall–Kier alpha value is -1.08. The van der Waals surface area contributed by atoms with Crippen molar-refractivity contribution in [1.29, 1.82) is 0 Å². The monoisotopic (exact) mass is 1730 g/mol. The van der Waals surface area contributed by atoms with Crippen molar-refractivity contribution in [3.8, 4) is 0 Å². The van der Waals surface area contributed by atoms with Crippen LogP contribution in [0.3, 0.4) is 0 Å². The van der Waals surface area contributed by atoms with Gasteiger partial charge >= 0.3 is 0 Å². The molecule has 39 unspecified atom stereocenters. The predicted octanol–water partition coefficient (Wildman–Crippen LogP) is 2.87. The lowest BCUT2D eigenvalue weighted by Crippen LogP contribution is -2.54. The average Bonchev–Trinajstić information content (AvgIpc) is 1.45. The Balaban J connectivity index is 0.0000000924. The first-order chi connectivity index (χ1) is 50.5. The van der Waals surface area contributed by atoms with E-state index >= 15 is 0 Å². The van der Waals surface area contributed by atoms with Crippen LogP contribution in [0.1, 0.15) is 183 Å². The second-order valence-electron chi connectivity index (χ2n) is 39.2. The minimum atomic E-state index is -3.68. The third-order valence-electron chi connectivity index (χ3n) is 34.1. The van der Waals surface area contributed by atoms with Gasteiger partial charge in [0.05, 0.1) is 65.3 Å². The molecule has 41 heteroatoms. The number of fused-ring (bicyclic) bond motifs is 8. The molecule has 0 amide bonds. The number of aliphatic hydroxyl groups is 2. The summed E-state index contributed by atoms with van der Waals surface area (Å²) in [6.07, 6.45) is 2.23. The number of ether oxygens (including phenoxy) is 7. The van der Waals surface area contributed by atoms with Gasteiger partial charge in [0.2, 0.25) is 0 Å². The molecule has 16 bridgehead atoms. The first kappa shape index (κ1) is 82.2. The van der Waals surface area contributed by atoms with Crippen LogP contribution in [0.15, 0.2) is 0 Å². The van der Waals surface area contributed by atoms with Crippen molar-refractivity contribution in [3.63, 3.8) is 0 Å². The van der Waals surface area contributed by atoms with E-state index in [0.29, 0.717) is 44.4 Å². The van der Waals surface area contributed by atoms with Gasteiger partial charge in [-0.25, -0.2) is 0 Å². The molecule has 33 nitrogen and oxygen atoms in total. The second kappa shape index (κ2) is 23.8. The number of rotatable bonds is 2. The van der Waals surface area contributed by atoms with Crippen LogP contribution in [0.25, 0.3) is 0 Å². The van der Waals surface area contributed by atoms with E-state index in [-0.39, 0.29) is 171 Å². The largest absolute Gasteiger partial charge is 0.393 e. The summed E-state index contributed by atoms with van der Waals surface area (Å²) in [5.74, 6) is 1.11. The van der Waals surface area contributed by atoms with Gasteiger partial charge in [-0.15, -0.1) is 0 Å². The molecule has 2 aliphatic carbocycles. The molecule has 111 heavy (non-hydrogen) atoms. The maximum Gasteiger partial charge on any atom is 0.273 e. The summed E-state index contributed by atoms with van der Waals surface area (Å²) in [6, 6.07) is 0. The SMILES string of the molecule is CC1(C)C2CC3C(O2)C1OS3(=O)=O.CC1C2(C)CC3C1(C)C(C)(OS3(=O)=O)C2(C)C.CC1C2CC3C(C)(O2)C1OS3(=O)=O.CC1C2CC3C(O2)C1(C)OS3(=O)=O.CC1C2CC3C(O2)C1OS3(=O)=O.CC1C2OS(=O)(=O)C3CC1(C)OC23.CC1C2OS(=O)(=O)C3CC1(C)OC23C.CC1C2OS(=O)(=O)C3CC1(CO)OC23CO.